The van der Waals surface area contributed by atoms with E-state index in [1.807, 2.05) is 0 Å². The first-order valence-corrected chi connectivity index (χ1v) is 6.97. The van der Waals surface area contributed by atoms with Gasteiger partial charge in [-0.25, -0.2) is 8.42 Å². The topological polar surface area (TPSA) is 104 Å². The maximum absolute atomic E-state index is 11.6. The van der Waals surface area contributed by atoms with Crippen LogP contribution in [0.5, 0.6) is 0 Å². The summed E-state index contributed by atoms with van der Waals surface area (Å²) >= 11 is 0. The van der Waals surface area contributed by atoms with Crippen LogP contribution in [-0.4, -0.2) is 54.8 Å². The predicted molar refractivity (Wildman–Crippen MR) is 57.5 cm³/mol. The van der Waals surface area contributed by atoms with E-state index in [4.69, 9.17) is 10.2 Å². The van der Waals surface area contributed by atoms with Crippen LogP contribution < -0.4 is 5.32 Å². The first-order valence-electron chi connectivity index (χ1n) is 5.25. The van der Waals surface area contributed by atoms with Crippen molar-refractivity contribution >= 4 is 15.7 Å². The van der Waals surface area contributed by atoms with Gasteiger partial charge in [0.15, 0.2) is 9.84 Å². The lowest BCUT2D eigenvalue weighted by atomic mass is 10.2. The van der Waals surface area contributed by atoms with Crippen molar-refractivity contribution in [2.75, 3.05) is 18.9 Å². The number of sulfone groups is 1. The average Bonchev–Trinajstić information content (AvgIpc) is 2.24. The molecular formula is C9H17NO5S. The van der Waals surface area contributed by atoms with Crippen LogP contribution in [0.3, 0.4) is 0 Å². The fourth-order valence-electron chi connectivity index (χ4n) is 1.65. The van der Waals surface area contributed by atoms with Gasteiger partial charge in [-0.2, -0.15) is 0 Å². The van der Waals surface area contributed by atoms with E-state index in [0.717, 1.165) is 6.42 Å². The van der Waals surface area contributed by atoms with Gasteiger partial charge in [0.2, 0.25) is 5.91 Å². The first-order chi connectivity index (χ1) is 7.47. The molecule has 0 radical (unpaired) electrons. The van der Waals surface area contributed by atoms with E-state index in [1.54, 1.807) is 0 Å². The fraction of sp³-hybridized carbons (Fsp3) is 0.889. The van der Waals surface area contributed by atoms with Crippen LogP contribution in [0.1, 0.15) is 19.3 Å². The van der Waals surface area contributed by atoms with E-state index in [2.05, 4.69) is 5.32 Å². The molecule has 0 saturated carbocycles. The predicted octanol–water partition coefficient (Wildman–Crippen LogP) is -1.58. The minimum atomic E-state index is -3.33. The number of amides is 1. The highest BCUT2D eigenvalue weighted by Crippen LogP contribution is 2.19. The van der Waals surface area contributed by atoms with Gasteiger partial charge in [0, 0.05) is 6.54 Å². The van der Waals surface area contributed by atoms with E-state index >= 15 is 0 Å². The third kappa shape index (κ3) is 3.43. The van der Waals surface area contributed by atoms with E-state index in [9.17, 15) is 13.2 Å². The smallest absolute Gasteiger partial charge is 0.238 e. The maximum Gasteiger partial charge on any atom is 0.238 e. The average molecular weight is 251 g/mol. The SMILES string of the molecule is O=C(NCC(O)CO)C1CCCCS1(=O)=O. The molecule has 3 N–H and O–H groups in total. The molecule has 0 spiro atoms. The fourth-order valence-corrected chi connectivity index (χ4v) is 3.47. The largest absolute Gasteiger partial charge is 0.394 e. The van der Waals surface area contributed by atoms with Crippen molar-refractivity contribution in [3.05, 3.63) is 0 Å². The Labute approximate surface area is 94.6 Å². The molecule has 0 aromatic heterocycles. The van der Waals surface area contributed by atoms with Crippen molar-refractivity contribution in [3.63, 3.8) is 0 Å². The Morgan fingerprint density at radius 2 is 2.12 bits per heavy atom. The third-order valence-corrected chi connectivity index (χ3v) is 4.77. The highest BCUT2D eigenvalue weighted by Gasteiger charge is 2.34. The van der Waals surface area contributed by atoms with Gasteiger partial charge in [0.1, 0.15) is 5.25 Å². The minimum Gasteiger partial charge on any atom is -0.394 e. The molecule has 1 saturated heterocycles. The summed E-state index contributed by atoms with van der Waals surface area (Å²) in [5.41, 5.74) is 0. The Bertz CT molecular complexity index is 340. The molecule has 0 aliphatic carbocycles. The Balaban J connectivity index is 2.53. The quantitative estimate of drug-likeness (QED) is 0.559. The van der Waals surface area contributed by atoms with Crippen molar-refractivity contribution in [2.24, 2.45) is 0 Å². The van der Waals surface area contributed by atoms with Crippen LogP contribution in [0.2, 0.25) is 0 Å². The molecule has 1 rings (SSSR count). The standard InChI is InChI=1S/C9H17NO5S/c11-6-7(12)5-10-9(13)8-3-1-2-4-16(8,14)15/h7-8,11-12H,1-6H2,(H,10,13). The highest BCUT2D eigenvalue weighted by molar-refractivity contribution is 7.92. The molecule has 0 bridgehead atoms. The van der Waals surface area contributed by atoms with Crippen molar-refractivity contribution in [3.8, 4) is 0 Å². The summed E-state index contributed by atoms with van der Waals surface area (Å²) in [6, 6.07) is 0. The summed E-state index contributed by atoms with van der Waals surface area (Å²) in [5, 5.41) is 18.9. The molecule has 6 nitrogen and oxygen atoms in total. The first kappa shape index (κ1) is 13.4. The van der Waals surface area contributed by atoms with Gasteiger partial charge in [0.05, 0.1) is 18.5 Å². The third-order valence-electron chi connectivity index (χ3n) is 2.59. The molecule has 0 aromatic carbocycles. The van der Waals surface area contributed by atoms with Gasteiger partial charge in [0.25, 0.3) is 0 Å². The number of nitrogens with one attached hydrogen (secondary N) is 1. The van der Waals surface area contributed by atoms with Gasteiger partial charge in [-0.3, -0.25) is 4.79 Å². The molecule has 1 fully saturated rings. The van der Waals surface area contributed by atoms with Crippen molar-refractivity contribution in [1.82, 2.24) is 5.32 Å². The summed E-state index contributed by atoms with van der Waals surface area (Å²) in [6.45, 7) is -0.584. The molecule has 1 amide bonds. The highest BCUT2D eigenvalue weighted by atomic mass is 32.2. The van der Waals surface area contributed by atoms with Gasteiger partial charge >= 0.3 is 0 Å². The van der Waals surface area contributed by atoms with Crippen LogP contribution in [0.4, 0.5) is 0 Å². The summed E-state index contributed by atoms with van der Waals surface area (Å²) in [7, 11) is -3.33. The summed E-state index contributed by atoms with van der Waals surface area (Å²) < 4.78 is 23.1. The van der Waals surface area contributed by atoms with Crippen LogP contribution in [-0.2, 0) is 14.6 Å². The van der Waals surface area contributed by atoms with Gasteiger partial charge < -0.3 is 15.5 Å². The normalized spacial score (nSPS) is 26.0. The van der Waals surface area contributed by atoms with E-state index in [-0.39, 0.29) is 12.3 Å². The monoisotopic (exact) mass is 251 g/mol. The molecule has 94 valence electrons. The number of aliphatic hydroxyl groups is 2. The zero-order chi connectivity index (χ0) is 12.2. The van der Waals surface area contributed by atoms with Gasteiger partial charge in [-0.05, 0) is 12.8 Å². The van der Waals surface area contributed by atoms with E-state index < -0.39 is 33.7 Å². The van der Waals surface area contributed by atoms with E-state index in [0.29, 0.717) is 12.8 Å². The number of rotatable bonds is 4. The Morgan fingerprint density at radius 1 is 1.44 bits per heavy atom. The molecular weight excluding hydrogens is 234 g/mol. The number of aliphatic hydroxyl groups excluding tert-OH is 2. The van der Waals surface area contributed by atoms with Crippen LogP contribution in [0.15, 0.2) is 0 Å². The van der Waals surface area contributed by atoms with Crippen molar-refractivity contribution in [2.45, 2.75) is 30.6 Å². The van der Waals surface area contributed by atoms with Crippen LogP contribution in [0, 0.1) is 0 Å². The molecule has 1 aliphatic heterocycles. The maximum atomic E-state index is 11.6. The lowest BCUT2D eigenvalue weighted by molar-refractivity contribution is -0.121. The lowest BCUT2D eigenvalue weighted by Gasteiger charge is -2.21. The van der Waals surface area contributed by atoms with Crippen LogP contribution >= 0.6 is 0 Å². The molecule has 2 atom stereocenters. The van der Waals surface area contributed by atoms with E-state index in [1.165, 1.54) is 0 Å². The zero-order valence-corrected chi connectivity index (χ0v) is 9.74. The summed E-state index contributed by atoms with van der Waals surface area (Å²) in [5.74, 6) is -0.527. The number of carbonyl (C=O) groups is 1. The Hall–Kier alpha value is -0.660. The molecule has 1 heterocycles. The van der Waals surface area contributed by atoms with Gasteiger partial charge in [-0.1, -0.05) is 6.42 Å². The summed E-state index contributed by atoms with van der Waals surface area (Å²) in [6.07, 6.45) is 0.615. The molecule has 1 aliphatic rings. The van der Waals surface area contributed by atoms with Gasteiger partial charge in [-0.15, -0.1) is 0 Å². The molecule has 16 heavy (non-hydrogen) atoms. The molecule has 0 aromatic rings. The second-order valence-corrected chi connectivity index (χ2v) is 6.24. The molecule has 7 heteroatoms. The van der Waals surface area contributed by atoms with Crippen molar-refractivity contribution in [1.29, 1.82) is 0 Å². The number of hydrogen-bond acceptors (Lipinski definition) is 5. The number of carbonyl (C=O) groups excluding carboxylic acids is 1. The Morgan fingerprint density at radius 3 is 2.69 bits per heavy atom. The second kappa shape index (κ2) is 5.60. The zero-order valence-electron chi connectivity index (χ0n) is 8.92. The summed E-state index contributed by atoms with van der Waals surface area (Å²) in [4.78, 5) is 11.6. The van der Waals surface area contributed by atoms with Crippen LogP contribution in [0.25, 0.3) is 0 Å². The Kier molecular flexibility index (Phi) is 4.69. The number of hydrogen-bond donors (Lipinski definition) is 3. The van der Waals surface area contributed by atoms with Crippen molar-refractivity contribution < 1.29 is 23.4 Å². The minimum absolute atomic E-state index is 0.0492. The molecule has 2 unspecified atom stereocenters. The lowest BCUT2D eigenvalue weighted by Crippen LogP contribution is -2.45. The second-order valence-electron chi connectivity index (χ2n) is 3.93.